The summed E-state index contributed by atoms with van der Waals surface area (Å²) in [5.74, 6) is -0.111. The number of benzene rings is 2. The van der Waals surface area contributed by atoms with Crippen LogP contribution < -0.4 is 0 Å². The number of esters is 1. The van der Waals surface area contributed by atoms with E-state index in [1.807, 2.05) is 42.5 Å². The molecular formula is C24H25NO5. The number of Topliss-reactive ketones (excluding diaryl/α,β-unsaturated/α-hetero) is 1. The van der Waals surface area contributed by atoms with Crippen molar-refractivity contribution in [2.45, 2.75) is 38.3 Å². The van der Waals surface area contributed by atoms with Gasteiger partial charge in [-0.05, 0) is 41.5 Å². The summed E-state index contributed by atoms with van der Waals surface area (Å²) in [7, 11) is 1.35. The van der Waals surface area contributed by atoms with E-state index in [0.717, 1.165) is 24.0 Å². The summed E-state index contributed by atoms with van der Waals surface area (Å²) in [6.07, 6.45) is 2.32. The molecule has 6 heteroatoms. The molecule has 2 aromatic rings. The zero-order valence-corrected chi connectivity index (χ0v) is 17.0. The molecule has 1 amide bonds. The van der Waals surface area contributed by atoms with Crippen LogP contribution in [0.2, 0.25) is 0 Å². The van der Waals surface area contributed by atoms with Crippen molar-refractivity contribution in [1.29, 1.82) is 0 Å². The highest BCUT2D eigenvalue weighted by Crippen LogP contribution is 2.52. The Bertz CT molecular complexity index is 930. The van der Waals surface area contributed by atoms with Crippen molar-refractivity contribution >= 4 is 17.8 Å². The largest absolute Gasteiger partial charge is 0.465 e. The van der Waals surface area contributed by atoms with Gasteiger partial charge >= 0.3 is 12.1 Å². The number of hydrogen-bond acceptors (Lipinski definition) is 5. The average molecular weight is 407 g/mol. The third kappa shape index (κ3) is 4.08. The number of ketones is 1. The number of nitrogens with zero attached hydrogens (tertiary/aromatic N) is 1. The number of amides is 1. The minimum Gasteiger partial charge on any atom is -0.465 e. The third-order valence-electron chi connectivity index (χ3n) is 6.19. The van der Waals surface area contributed by atoms with E-state index in [0.29, 0.717) is 24.9 Å². The summed E-state index contributed by atoms with van der Waals surface area (Å²) in [5.41, 5.74) is 2.29. The van der Waals surface area contributed by atoms with E-state index in [9.17, 15) is 14.4 Å². The predicted octanol–water partition coefficient (Wildman–Crippen LogP) is 4.30. The Labute approximate surface area is 175 Å². The Balaban J connectivity index is 1.52. The molecule has 1 saturated carbocycles. The van der Waals surface area contributed by atoms with Gasteiger partial charge in [0.1, 0.15) is 12.4 Å². The minimum atomic E-state index is -0.398. The normalized spacial score (nSPS) is 19.8. The van der Waals surface area contributed by atoms with E-state index in [1.54, 1.807) is 17.0 Å². The molecule has 0 aromatic heterocycles. The van der Waals surface area contributed by atoms with E-state index in [2.05, 4.69) is 0 Å². The quantitative estimate of drug-likeness (QED) is 0.707. The summed E-state index contributed by atoms with van der Waals surface area (Å²) in [5, 5.41) is 0. The highest BCUT2D eigenvalue weighted by atomic mass is 16.6. The van der Waals surface area contributed by atoms with Crippen LogP contribution in [-0.4, -0.2) is 36.4 Å². The van der Waals surface area contributed by atoms with E-state index < -0.39 is 5.97 Å². The van der Waals surface area contributed by atoms with Crippen molar-refractivity contribution in [3.63, 3.8) is 0 Å². The number of rotatable bonds is 4. The van der Waals surface area contributed by atoms with Crippen LogP contribution >= 0.6 is 0 Å². The second-order valence-electron chi connectivity index (χ2n) is 8.21. The summed E-state index contributed by atoms with van der Waals surface area (Å²) >= 11 is 0. The van der Waals surface area contributed by atoms with Gasteiger partial charge in [0.15, 0.2) is 0 Å². The van der Waals surface area contributed by atoms with Gasteiger partial charge in [-0.1, -0.05) is 42.5 Å². The van der Waals surface area contributed by atoms with Crippen molar-refractivity contribution in [3.05, 3.63) is 71.3 Å². The molecule has 6 nitrogen and oxygen atoms in total. The fourth-order valence-corrected chi connectivity index (χ4v) is 4.52. The number of carbonyl (C=O) groups excluding carboxylic acids is 3. The standard InChI is InChI=1S/C24H25NO5/c1-29-22(27)19-9-7-18(8-10-19)21-15-24(13-20(26)14-24)11-12-25(21)23(28)30-16-17-5-3-2-4-6-17/h2-10,21H,11-16H2,1H3. The molecule has 1 aliphatic carbocycles. The van der Waals surface area contributed by atoms with Gasteiger partial charge in [-0.25, -0.2) is 9.59 Å². The lowest BCUT2D eigenvalue weighted by atomic mass is 9.60. The van der Waals surface area contributed by atoms with Crippen molar-refractivity contribution in [3.8, 4) is 0 Å². The van der Waals surface area contributed by atoms with E-state index in [4.69, 9.17) is 9.47 Å². The lowest BCUT2D eigenvalue weighted by Crippen LogP contribution is -2.50. The maximum atomic E-state index is 12.9. The Morgan fingerprint density at radius 1 is 1.07 bits per heavy atom. The third-order valence-corrected chi connectivity index (χ3v) is 6.19. The number of hydrogen-bond donors (Lipinski definition) is 0. The van der Waals surface area contributed by atoms with E-state index in [-0.39, 0.29) is 29.9 Å². The summed E-state index contributed by atoms with van der Waals surface area (Å²) < 4.78 is 10.4. The first-order valence-corrected chi connectivity index (χ1v) is 10.2. The van der Waals surface area contributed by atoms with Gasteiger partial charge in [0.05, 0.1) is 18.7 Å². The Kier molecular flexibility index (Phi) is 5.57. The fraction of sp³-hybridized carbons (Fsp3) is 0.375. The van der Waals surface area contributed by atoms with Crippen LogP contribution in [0.3, 0.4) is 0 Å². The van der Waals surface area contributed by atoms with E-state index >= 15 is 0 Å². The molecule has 2 aromatic carbocycles. The first-order chi connectivity index (χ1) is 14.5. The number of methoxy groups -OCH3 is 1. The molecule has 1 spiro atoms. The molecule has 2 aliphatic rings. The topological polar surface area (TPSA) is 72.9 Å². The molecule has 30 heavy (non-hydrogen) atoms. The van der Waals surface area contributed by atoms with Crippen molar-refractivity contribution in [1.82, 2.24) is 4.90 Å². The van der Waals surface area contributed by atoms with Crippen molar-refractivity contribution in [2.24, 2.45) is 5.41 Å². The molecule has 1 atom stereocenters. The van der Waals surface area contributed by atoms with Crippen LogP contribution in [0.15, 0.2) is 54.6 Å². The number of ether oxygens (including phenoxy) is 2. The maximum Gasteiger partial charge on any atom is 0.410 e. The number of piperidine rings is 1. The van der Waals surface area contributed by atoms with Gasteiger partial charge in [-0.2, -0.15) is 0 Å². The van der Waals surface area contributed by atoms with Gasteiger partial charge < -0.3 is 14.4 Å². The minimum absolute atomic E-state index is 0.0288. The van der Waals surface area contributed by atoms with Gasteiger partial charge in [0.2, 0.25) is 0 Å². The van der Waals surface area contributed by atoms with Gasteiger partial charge in [0.25, 0.3) is 0 Å². The second kappa shape index (κ2) is 8.30. The first kappa shape index (κ1) is 20.1. The molecule has 0 radical (unpaired) electrons. The Hall–Kier alpha value is -3.15. The SMILES string of the molecule is COC(=O)c1ccc(C2CC3(CCN2C(=O)OCc2ccccc2)CC(=O)C3)cc1. The molecule has 1 unspecified atom stereocenters. The smallest absolute Gasteiger partial charge is 0.410 e. The van der Waals surface area contributed by atoms with Crippen LogP contribution in [0.5, 0.6) is 0 Å². The van der Waals surface area contributed by atoms with Crippen molar-refractivity contribution in [2.75, 3.05) is 13.7 Å². The zero-order chi connectivity index (χ0) is 21.1. The average Bonchev–Trinajstić information content (AvgIpc) is 2.77. The highest BCUT2D eigenvalue weighted by molar-refractivity contribution is 5.89. The summed E-state index contributed by atoms with van der Waals surface area (Å²) in [6.45, 7) is 0.762. The van der Waals surface area contributed by atoms with E-state index in [1.165, 1.54) is 7.11 Å². The van der Waals surface area contributed by atoms with Crippen LogP contribution in [0, 0.1) is 5.41 Å². The molecule has 1 saturated heterocycles. The lowest BCUT2D eigenvalue weighted by Gasteiger charge is -2.50. The molecule has 1 heterocycles. The fourth-order valence-electron chi connectivity index (χ4n) is 4.52. The first-order valence-electron chi connectivity index (χ1n) is 10.2. The van der Waals surface area contributed by atoms with Crippen LogP contribution in [-0.2, 0) is 20.9 Å². The molecule has 0 bridgehead atoms. The van der Waals surface area contributed by atoms with Crippen LogP contribution in [0.4, 0.5) is 4.79 Å². The molecule has 156 valence electrons. The van der Waals surface area contributed by atoms with Crippen molar-refractivity contribution < 1.29 is 23.9 Å². The van der Waals surface area contributed by atoms with Crippen LogP contribution in [0.25, 0.3) is 0 Å². The van der Waals surface area contributed by atoms with Gasteiger partial charge in [-0.3, -0.25) is 4.79 Å². The molecule has 2 fully saturated rings. The predicted molar refractivity (Wildman–Crippen MR) is 110 cm³/mol. The maximum absolute atomic E-state index is 12.9. The molecule has 0 N–H and O–H groups in total. The highest BCUT2D eigenvalue weighted by Gasteiger charge is 2.49. The van der Waals surface area contributed by atoms with Gasteiger partial charge in [-0.15, -0.1) is 0 Å². The number of likely N-dealkylation sites (tertiary alicyclic amines) is 1. The molecular weight excluding hydrogens is 382 g/mol. The molecule has 4 rings (SSSR count). The van der Waals surface area contributed by atoms with Gasteiger partial charge in [0, 0.05) is 19.4 Å². The Morgan fingerprint density at radius 2 is 1.77 bits per heavy atom. The summed E-state index contributed by atoms with van der Waals surface area (Å²) in [4.78, 5) is 38.1. The number of carbonyl (C=O) groups is 3. The molecule has 1 aliphatic heterocycles. The zero-order valence-electron chi connectivity index (χ0n) is 17.0. The monoisotopic (exact) mass is 407 g/mol. The summed E-state index contributed by atoms with van der Waals surface area (Å²) in [6, 6.07) is 16.5. The lowest BCUT2D eigenvalue weighted by molar-refractivity contribution is -0.136. The Morgan fingerprint density at radius 3 is 2.40 bits per heavy atom. The van der Waals surface area contributed by atoms with Crippen LogP contribution in [0.1, 0.15) is 53.2 Å². The second-order valence-corrected chi connectivity index (χ2v) is 8.21.